The molecule has 5 nitrogen and oxygen atoms in total. The summed E-state index contributed by atoms with van der Waals surface area (Å²) in [4.78, 5) is 12.7. The molecule has 5 heteroatoms. The Balaban J connectivity index is 2.25. The van der Waals surface area contributed by atoms with E-state index in [0.29, 0.717) is 11.6 Å². The lowest BCUT2D eigenvalue weighted by molar-refractivity contribution is -0.384. The Morgan fingerprint density at radius 2 is 2.18 bits per heavy atom. The smallest absolute Gasteiger partial charge is 0.292 e. The van der Waals surface area contributed by atoms with Gasteiger partial charge in [-0.05, 0) is 18.4 Å². The van der Waals surface area contributed by atoms with Crippen molar-refractivity contribution in [1.29, 1.82) is 0 Å². The average molecular weight is 235 g/mol. The maximum atomic E-state index is 11.0. The molecule has 1 heterocycles. The summed E-state index contributed by atoms with van der Waals surface area (Å²) in [7, 11) is 0. The van der Waals surface area contributed by atoms with Crippen molar-refractivity contribution in [3.63, 3.8) is 0 Å². The molecule has 0 spiro atoms. The Morgan fingerprint density at radius 3 is 2.82 bits per heavy atom. The number of hydrogen-bond donors (Lipinski definition) is 1. The summed E-state index contributed by atoms with van der Waals surface area (Å²) in [6.45, 7) is 3.66. The molecule has 0 amide bonds. The zero-order valence-corrected chi connectivity index (χ0v) is 9.87. The topological polar surface area (TPSA) is 72.4 Å². The van der Waals surface area contributed by atoms with Crippen LogP contribution in [-0.4, -0.2) is 24.1 Å². The first kappa shape index (κ1) is 11.9. The molecule has 92 valence electrons. The summed E-state index contributed by atoms with van der Waals surface area (Å²) in [5, 5.41) is 11.0. The van der Waals surface area contributed by atoms with E-state index in [1.807, 2.05) is 12.1 Å². The molecule has 1 aliphatic rings. The van der Waals surface area contributed by atoms with E-state index in [2.05, 4.69) is 11.8 Å². The normalized spacial score (nSPS) is 24.7. The molecule has 0 aliphatic carbocycles. The molecule has 2 unspecified atom stereocenters. The summed E-state index contributed by atoms with van der Waals surface area (Å²) >= 11 is 0. The Hall–Kier alpha value is -1.62. The molecule has 0 radical (unpaired) electrons. The molecule has 1 aromatic rings. The van der Waals surface area contributed by atoms with Crippen LogP contribution in [0, 0.1) is 16.0 Å². The maximum absolute atomic E-state index is 11.0. The first-order chi connectivity index (χ1) is 8.09. The van der Waals surface area contributed by atoms with Gasteiger partial charge in [0.1, 0.15) is 5.69 Å². The number of hydrogen-bond acceptors (Lipinski definition) is 4. The van der Waals surface area contributed by atoms with Crippen molar-refractivity contribution in [2.75, 3.05) is 18.0 Å². The second-order valence-corrected chi connectivity index (χ2v) is 4.62. The number of para-hydroxylation sites is 2. The largest absolute Gasteiger partial charge is 0.366 e. The van der Waals surface area contributed by atoms with Crippen LogP contribution in [0.15, 0.2) is 24.3 Å². The Bertz CT molecular complexity index is 422. The second kappa shape index (κ2) is 4.71. The summed E-state index contributed by atoms with van der Waals surface area (Å²) in [6, 6.07) is 7.09. The van der Waals surface area contributed by atoms with Gasteiger partial charge in [0.05, 0.1) is 4.92 Å². The molecule has 1 aromatic carbocycles. The molecular formula is C12H17N3O2. The minimum Gasteiger partial charge on any atom is -0.366 e. The number of piperidine rings is 1. The molecule has 2 N–H and O–H groups in total. The van der Waals surface area contributed by atoms with Crippen LogP contribution in [0.5, 0.6) is 0 Å². The summed E-state index contributed by atoms with van der Waals surface area (Å²) < 4.78 is 0. The van der Waals surface area contributed by atoms with Crippen LogP contribution in [0.2, 0.25) is 0 Å². The van der Waals surface area contributed by atoms with Gasteiger partial charge in [-0.1, -0.05) is 19.1 Å². The van der Waals surface area contributed by atoms with Gasteiger partial charge in [-0.25, -0.2) is 0 Å². The third-order valence-corrected chi connectivity index (χ3v) is 3.39. The van der Waals surface area contributed by atoms with Crippen molar-refractivity contribution >= 4 is 11.4 Å². The predicted molar refractivity (Wildman–Crippen MR) is 67.1 cm³/mol. The van der Waals surface area contributed by atoms with E-state index >= 15 is 0 Å². The molecule has 17 heavy (non-hydrogen) atoms. The summed E-state index contributed by atoms with van der Waals surface area (Å²) in [6.07, 6.45) is 0.882. The van der Waals surface area contributed by atoms with E-state index in [1.54, 1.807) is 12.1 Å². The van der Waals surface area contributed by atoms with Crippen LogP contribution in [0.4, 0.5) is 11.4 Å². The number of nitro benzene ring substituents is 1. The van der Waals surface area contributed by atoms with Gasteiger partial charge in [-0.15, -0.1) is 0 Å². The number of anilines is 1. The quantitative estimate of drug-likeness (QED) is 0.626. The van der Waals surface area contributed by atoms with E-state index in [0.717, 1.165) is 19.5 Å². The highest BCUT2D eigenvalue weighted by Gasteiger charge is 2.26. The Kier molecular flexibility index (Phi) is 3.28. The zero-order chi connectivity index (χ0) is 12.4. The molecule has 0 bridgehead atoms. The highest BCUT2D eigenvalue weighted by Crippen LogP contribution is 2.30. The van der Waals surface area contributed by atoms with Crippen molar-refractivity contribution in [2.24, 2.45) is 11.7 Å². The fourth-order valence-corrected chi connectivity index (χ4v) is 2.27. The minimum atomic E-state index is -0.325. The lowest BCUT2D eigenvalue weighted by Crippen LogP contribution is -2.46. The van der Waals surface area contributed by atoms with E-state index < -0.39 is 0 Å². The fraction of sp³-hybridized carbons (Fsp3) is 0.500. The molecule has 1 fully saturated rings. The first-order valence-electron chi connectivity index (χ1n) is 5.83. The Morgan fingerprint density at radius 1 is 1.47 bits per heavy atom. The number of rotatable bonds is 2. The van der Waals surface area contributed by atoms with Crippen LogP contribution in [0.25, 0.3) is 0 Å². The lowest BCUT2D eigenvalue weighted by Gasteiger charge is -2.36. The standard InChI is InChI=1S/C12H17N3O2/c1-9-8-14(7-6-10(9)13)11-4-2-3-5-12(11)15(16)17/h2-5,9-10H,6-8,13H2,1H3. The Labute approximate surface area is 100 Å². The SMILES string of the molecule is CC1CN(c2ccccc2[N+](=O)[O-])CCC1N. The highest BCUT2D eigenvalue weighted by atomic mass is 16.6. The van der Waals surface area contributed by atoms with Gasteiger partial charge in [-0.2, -0.15) is 0 Å². The lowest BCUT2D eigenvalue weighted by atomic mass is 9.94. The third-order valence-electron chi connectivity index (χ3n) is 3.39. The van der Waals surface area contributed by atoms with Gasteiger partial charge < -0.3 is 10.6 Å². The molecule has 1 aliphatic heterocycles. The summed E-state index contributed by atoms with van der Waals surface area (Å²) in [5.41, 5.74) is 6.84. The fourth-order valence-electron chi connectivity index (χ4n) is 2.27. The summed E-state index contributed by atoms with van der Waals surface area (Å²) in [5.74, 6) is 0.364. The van der Waals surface area contributed by atoms with Crippen LogP contribution in [-0.2, 0) is 0 Å². The van der Waals surface area contributed by atoms with E-state index in [-0.39, 0.29) is 16.7 Å². The van der Waals surface area contributed by atoms with Gasteiger partial charge in [0.15, 0.2) is 0 Å². The predicted octanol–water partition coefficient (Wildman–Crippen LogP) is 1.77. The van der Waals surface area contributed by atoms with Crippen molar-refractivity contribution in [3.8, 4) is 0 Å². The molecular weight excluding hydrogens is 218 g/mol. The molecule has 0 saturated carbocycles. The number of benzene rings is 1. The third kappa shape index (κ3) is 2.39. The van der Waals surface area contributed by atoms with Gasteiger partial charge in [0.2, 0.25) is 0 Å². The highest BCUT2D eigenvalue weighted by molar-refractivity contribution is 5.63. The number of nitro groups is 1. The van der Waals surface area contributed by atoms with E-state index in [4.69, 9.17) is 5.73 Å². The monoisotopic (exact) mass is 235 g/mol. The van der Waals surface area contributed by atoms with Crippen LogP contribution >= 0.6 is 0 Å². The van der Waals surface area contributed by atoms with E-state index in [9.17, 15) is 10.1 Å². The molecule has 0 aromatic heterocycles. The number of nitrogens with zero attached hydrogens (tertiary/aromatic N) is 2. The van der Waals surface area contributed by atoms with Crippen molar-refractivity contribution in [2.45, 2.75) is 19.4 Å². The van der Waals surface area contributed by atoms with Gasteiger partial charge in [-0.3, -0.25) is 10.1 Å². The molecule has 2 rings (SSSR count). The van der Waals surface area contributed by atoms with Crippen LogP contribution in [0.3, 0.4) is 0 Å². The van der Waals surface area contributed by atoms with Gasteiger partial charge in [0.25, 0.3) is 5.69 Å². The van der Waals surface area contributed by atoms with Crippen LogP contribution in [0.1, 0.15) is 13.3 Å². The molecule has 1 saturated heterocycles. The van der Waals surface area contributed by atoms with Gasteiger partial charge in [0, 0.05) is 25.2 Å². The van der Waals surface area contributed by atoms with Crippen molar-refractivity contribution in [3.05, 3.63) is 34.4 Å². The van der Waals surface area contributed by atoms with Crippen molar-refractivity contribution in [1.82, 2.24) is 0 Å². The average Bonchev–Trinajstić information content (AvgIpc) is 2.32. The maximum Gasteiger partial charge on any atom is 0.292 e. The van der Waals surface area contributed by atoms with Crippen LogP contribution < -0.4 is 10.6 Å². The number of nitrogens with two attached hydrogens (primary N) is 1. The molecule has 2 atom stereocenters. The second-order valence-electron chi connectivity index (χ2n) is 4.62. The zero-order valence-electron chi connectivity index (χ0n) is 9.87. The van der Waals surface area contributed by atoms with E-state index in [1.165, 1.54) is 0 Å². The van der Waals surface area contributed by atoms with Gasteiger partial charge >= 0.3 is 0 Å². The minimum absolute atomic E-state index is 0.176. The van der Waals surface area contributed by atoms with Crippen molar-refractivity contribution < 1.29 is 4.92 Å². The first-order valence-corrected chi connectivity index (χ1v) is 5.83.